The summed E-state index contributed by atoms with van der Waals surface area (Å²) in [5.74, 6) is 3.51. The Balaban J connectivity index is 0.00000261. The highest BCUT2D eigenvalue weighted by Gasteiger charge is 2.21. The van der Waals surface area contributed by atoms with Crippen molar-refractivity contribution in [2.24, 2.45) is 16.8 Å². The average Bonchev–Trinajstić information content (AvgIpc) is 3.50. The monoisotopic (exact) mass is 486 g/mol. The number of guanidine groups is 1. The highest BCUT2D eigenvalue weighted by atomic mass is 127. The average molecular weight is 486 g/mol. The molecule has 0 spiro atoms. The molecule has 0 radical (unpaired) electrons. The maximum absolute atomic E-state index is 5.24. The second-order valence-corrected chi connectivity index (χ2v) is 7.61. The van der Waals surface area contributed by atoms with Crippen molar-refractivity contribution in [2.45, 2.75) is 39.2 Å². The summed E-state index contributed by atoms with van der Waals surface area (Å²) >= 11 is 0. The van der Waals surface area contributed by atoms with Crippen LogP contribution in [0.3, 0.4) is 0 Å². The Morgan fingerprint density at radius 2 is 1.78 bits per heavy atom. The third-order valence-corrected chi connectivity index (χ3v) is 5.38. The number of hydrogen-bond acceptors (Lipinski definition) is 3. The molecule has 0 aromatic heterocycles. The van der Waals surface area contributed by atoms with E-state index >= 15 is 0 Å². The molecule has 0 atom stereocenters. The predicted molar refractivity (Wildman–Crippen MR) is 123 cm³/mol. The summed E-state index contributed by atoms with van der Waals surface area (Å²) in [6.45, 7) is 8.46. The lowest BCUT2D eigenvalue weighted by Crippen LogP contribution is -2.42. The third kappa shape index (κ3) is 7.86. The van der Waals surface area contributed by atoms with Crippen LogP contribution in [0.4, 0.5) is 0 Å². The van der Waals surface area contributed by atoms with Crippen LogP contribution in [0.1, 0.15) is 38.2 Å². The Morgan fingerprint density at radius 1 is 1.07 bits per heavy atom. The molecule has 0 bridgehead atoms. The van der Waals surface area contributed by atoms with Gasteiger partial charge < -0.3 is 15.4 Å². The van der Waals surface area contributed by atoms with Crippen LogP contribution in [0.25, 0.3) is 0 Å². The maximum atomic E-state index is 5.24. The van der Waals surface area contributed by atoms with Gasteiger partial charge in [0, 0.05) is 26.2 Å². The van der Waals surface area contributed by atoms with Crippen LogP contribution in [0.2, 0.25) is 0 Å². The number of hydrogen-bond donors (Lipinski definition) is 2. The summed E-state index contributed by atoms with van der Waals surface area (Å²) in [7, 11) is 1.71. The number of piperidine rings is 1. The van der Waals surface area contributed by atoms with Gasteiger partial charge in [-0.15, -0.1) is 24.0 Å². The second-order valence-electron chi connectivity index (χ2n) is 7.61. The SMILES string of the molecule is CCNC(=NCC1CC1)NCC1CCN(Cc2ccc(OC)cc2)CC1.I. The number of rotatable bonds is 8. The summed E-state index contributed by atoms with van der Waals surface area (Å²) in [6.07, 6.45) is 5.22. The van der Waals surface area contributed by atoms with Crippen LogP contribution in [0.15, 0.2) is 29.3 Å². The van der Waals surface area contributed by atoms with Gasteiger partial charge in [0.15, 0.2) is 5.96 Å². The topological polar surface area (TPSA) is 48.9 Å². The fourth-order valence-corrected chi connectivity index (χ4v) is 3.44. The number of ether oxygens (including phenoxy) is 1. The number of halogens is 1. The van der Waals surface area contributed by atoms with Crippen LogP contribution in [0.5, 0.6) is 5.75 Å². The molecule has 6 heteroatoms. The zero-order chi connectivity index (χ0) is 18.2. The molecule has 1 aliphatic carbocycles. The minimum atomic E-state index is 0. The van der Waals surface area contributed by atoms with Crippen LogP contribution in [-0.2, 0) is 6.54 Å². The van der Waals surface area contributed by atoms with Crippen molar-refractivity contribution < 1.29 is 4.74 Å². The Morgan fingerprint density at radius 3 is 2.37 bits per heavy atom. The smallest absolute Gasteiger partial charge is 0.191 e. The Kier molecular flexibility index (Phi) is 9.68. The molecule has 27 heavy (non-hydrogen) atoms. The molecular formula is C21H35IN4O. The third-order valence-electron chi connectivity index (χ3n) is 5.38. The zero-order valence-corrected chi connectivity index (χ0v) is 19.1. The Hall–Kier alpha value is -1.02. The van der Waals surface area contributed by atoms with Crippen LogP contribution in [0, 0.1) is 11.8 Å². The van der Waals surface area contributed by atoms with E-state index < -0.39 is 0 Å². The van der Waals surface area contributed by atoms with Gasteiger partial charge in [-0.25, -0.2) is 0 Å². The van der Waals surface area contributed by atoms with E-state index in [1.54, 1.807) is 7.11 Å². The Bertz CT molecular complexity index is 566. The van der Waals surface area contributed by atoms with Crippen molar-refractivity contribution in [1.82, 2.24) is 15.5 Å². The summed E-state index contributed by atoms with van der Waals surface area (Å²) in [5.41, 5.74) is 1.36. The van der Waals surface area contributed by atoms with E-state index in [2.05, 4.69) is 46.7 Å². The maximum Gasteiger partial charge on any atom is 0.191 e. The molecular weight excluding hydrogens is 451 g/mol. The highest BCUT2D eigenvalue weighted by Crippen LogP contribution is 2.28. The fraction of sp³-hybridized carbons (Fsp3) is 0.667. The van der Waals surface area contributed by atoms with E-state index in [1.165, 1.54) is 44.3 Å². The van der Waals surface area contributed by atoms with Gasteiger partial charge in [-0.1, -0.05) is 12.1 Å². The first-order valence-corrected chi connectivity index (χ1v) is 10.1. The van der Waals surface area contributed by atoms with E-state index in [0.717, 1.165) is 49.7 Å². The molecule has 152 valence electrons. The largest absolute Gasteiger partial charge is 0.497 e. The standard InChI is InChI=1S/C21H34N4O.HI/c1-3-22-21(23-14-17-4-5-17)24-15-18-10-12-25(13-11-18)16-19-6-8-20(26-2)9-7-19;/h6-9,17-18H,3-5,10-16H2,1-2H3,(H2,22,23,24);1H. The van der Waals surface area contributed by atoms with Gasteiger partial charge in [0.25, 0.3) is 0 Å². The summed E-state index contributed by atoms with van der Waals surface area (Å²) in [4.78, 5) is 7.28. The molecule has 2 aliphatic rings. The van der Waals surface area contributed by atoms with Gasteiger partial charge in [0.05, 0.1) is 7.11 Å². The first-order chi connectivity index (χ1) is 12.8. The van der Waals surface area contributed by atoms with Crippen molar-refractivity contribution in [3.05, 3.63) is 29.8 Å². The lowest BCUT2D eigenvalue weighted by atomic mass is 9.96. The van der Waals surface area contributed by atoms with Crippen LogP contribution < -0.4 is 15.4 Å². The number of benzene rings is 1. The molecule has 1 heterocycles. The normalized spacial score (nSPS) is 18.7. The zero-order valence-electron chi connectivity index (χ0n) is 16.7. The van der Waals surface area contributed by atoms with Gasteiger partial charge in [-0.05, 0) is 75.2 Å². The number of nitrogens with one attached hydrogen (secondary N) is 2. The molecule has 1 saturated carbocycles. The van der Waals surface area contributed by atoms with E-state index in [9.17, 15) is 0 Å². The van der Waals surface area contributed by atoms with Crippen LogP contribution in [-0.4, -0.2) is 50.7 Å². The van der Waals surface area contributed by atoms with E-state index in [4.69, 9.17) is 9.73 Å². The molecule has 1 aliphatic heterocycles. The van der Waals surface area contributed by atoms with Gasteiger partial charge >= 0.3 is 0 Å². The van der Waals surface area contributed by atoms with Gasteiger partial charge in [-0.2, -0.15) is 0 Å². The molecule has 3 rings (SSSR count). The lowest BCUT2D eigenvalue weighted by molar-refractivity contribution is 0.178. The minimum absolute atomic E-state index is 0. The summed E-state index contributed by atoms with van der Waals surface area (Å²) in [6, 6.07) is 8.45. The quantitative estimate of drug-likeness (QED) is 0.336. The number of methoxy groups -OCH3 is 1. The number of nitrogens with zero attached hydrogens (tertiary/aromatic N) is 2. The Labute approximate surface area is 181 Å². The molecule has 0 amide bonds. The van der Waals surface area contributed by atoms with Crippen molar-refractivity contribution in [1.29, 1.82) is 0 Å². The lowest BCUT2D eigenvalue weighted by Gasteiger charge is -2.32. The van der Waals surface area contributed by atoms with Gasteiger partial charge in [0.1, 0.15) is 5.75 Å². The molecule has 2 fully saturated rings. The van der Waals surface area contributed by atoms with Crippen molar-refractivity contribution in [3.8, 4) is 5.75 Å². The first-order valence-electron chi connectivity index (χ1n) is 10.1. The fourth-order valence-electron chi connectivity index (χ4n) is 3.44. The van der Waals surface area contributed by atoms with Crippen molar-refractivity contribution in [2.75, 3.05) is 39.8 Å². The van der Waals surface area contributed by atoms with Crippen molar-refractivity contribution in [3.63, 3.8) is 0 Å². The van der Waals surface area contributed by atoms with Gasteiger partial charge in [0.2, 0.25) is 0 Å². The van der Waals surface area contributed by atoms with E-state index in [0.29, 0.717) is 0 Å². The number of likely N-dealkylation sites (tertiary alicyclic amines) is 1. The summed E-state index contributed by atoms with van der Waals surface area (Å²) < 4.78 is 5.24. The van der Waals surface area contributed by atoms with Crippen molar-refractivity contribution >= 4 is 29.9 Å². The first kappa shape index (κ1) is 22.3. The molecule has 0 unspecified atom stereocenters. The molecule has 1 aromatic carbocycles. The molecule has 1 saturated heterocycles. The van der Waals surface area contributed by atoms with E-state index in [1.807, 2.05) is 0 Å². The minimum Gasteiger partial charge on any atom is -0.497 e. The molecule has 5 nitrogen and oxygen atoms in total. The van der Waals surface area contributed by atoms with E-state index in [-0.39, 0.29) is 24.0 Å². The highest BCUT2D eigenvalue weighted by molar-refractivity contribution is 14.0. The number of aliphatic imine (C=N–C) groups is 1. The summed E-state index contributed by atoms with van der Waals surface area (Å²) in [5, 5.41) is 6.93. The molecule has 2 N–H and O–H groups in total. The molecule has 1 aromatic rings. The predicted octanol–water partition coefficient (Wildman–Crippen LogP) is 3.49. The van der Waals surface area contributed by atoms with Gasteiger partial charge in [-0.3, -0.25) is 9.89 Å². The van der Waals surface area contributed by atoms with Crippen LogP contribution >= 0.6 is 24.0 Å². The second kappa shape index (κ2) is 11.7.